The molecule has 9 heteroatoms. The summed E-state index contributed by atoms with van der Waals surface area (Å²) in [6, 6.07) is 7.00. The summed E-state index contributed by atoms with van der Waals surface area (Å²) in [5, 5.41) is 26.3. The molecule has 0 bridgehead atoms. The Hall–Kier alpha value is -2.84. The Balaban J connectivity index is 2.13. The minimum atomic E-state index is -1.28. The minimum Gasteiger partial charge on any atom is -0.476 e. The normalized spacial score (nSPS) is 11.5. The van der Waals surface area contributed by atoms with E-state index in [0.29, 0.717) is 5.56 Å². The second-order valence-electron chi connectivity index (χ2n) is 4.77. The summed E-state index contributed by atoms with van der Waals surface area (Å²) in [6.45, 7) is -0.301. The molecule has 2 aromatic heterocycles. The van der Waals surface area contributed by atoms with Crippen LogP contribution in [-0.2, 0) is 6.61 Å². The highest BCUT2D eigenvalue weighted by Gasteiger charge is 2.19. The van der Waals surface area contributed by atoms with Crippen LogP contribution in [0.25, 0.3) is 5.65 Å². The van der Waals surface area contributed by atoms with Crippen molar-refractivity contribution >= 4 is 34.7 Å². The molecular formula is C15H10ClFN4O3. The number of hydrogen-bond acceptors (Lipinski definition) is 5. The van der Waals surface area contributed by atoms with Crippen LogP contribution >= 0.6 is 11.6 Å². The van der Waals surface area contributed by atoms with Crippen molar-refractivity contribution in [3.05, 3.63) is 58.6 Å². The van der Waals surface area contributed by atoms with Gasteiger partial charge < -0.3 is 10.2 Å². The molecule has 3 rings (SSSR count). The summed E-state index contributed by atoms with van der Waals surface area (Å²) in [5.41, 5.74) is 0.661. The fraction of sp³-hybridized carbons (Fsp3) is 0.0667. The summed E-state index contributed by atoms with van der Waals surface area (Å²) >= 11 is 5.67. The summed E-state index contributed by atoms with van der Waals surface area (Å²) in [5.74, 6) is -1.90. The number of fused-ring (bicyclic) bond motifs is 1. The highest BCUT2D eigenvalue weighted by atomic mass is 35.5. The van der Waals surface area contributed by atoms with Gasteiger partial charge in [-0.2, -0.15) is 0 Å². The van der Waals surface area contributed by atoms with Crippen LogP contribution in [0.3, 0.4) is 0 Å². The molecule has 0 saturated heterocycles. The van der Waals surface area contributed by atoms with E-state index in [4.69, 9.17) is 11.6 Å². The molecule has 0 saturated carbocycles. The molecule has 3 aromatic rings. The number of carboxylic acid groups (broad SMARTS) is 1. The number of imidazole rings is 1. The van der Waals surface area contributed by atoms with E-state index in [2.05, 4.69) is 15.2 Å². The minimum absolute atomic E-state index is 0.0201. The maximum atomic E-state index is 13.2. The number of carbonyl (C=O) groups is 1. The molecule has 122 valence electrons. The Morgan fingerprint density at radius 2 is 2.12 bits per heavy atom. The number of nitrogens with zero attached hydrogens (tertiary/aromatic N) is 4. The first-order valence-corrected chi connectivity index (χ1v) is 7.10. The van der Waals surface area contributed by atoms with Crippen LogP contribution in [0.5, 0.6) is 0 Å². The number of aliphatic hydroxyl groups is 1. The SMILES string of the molecule is O=C(O)c1nc2c(CO)cccn2c1N=Nc1ccc(F)c(Cl)c1. The van der Waals surface area contributed by atoms with Crippen LogP contribution in [0, 0.1) is 5.82 Å². The molecule has 2 heterocycles. The van der Waals surface area contributed by atoms with E-state index in [1.807, 2.05) is 0 Å². The summed E-state index contributed by atoms with van der Waals surface area (Å²) < 4.78 is 14.6. The Labute approximate surface area is 139 Å². The Bertz CT molecular complexity index is 971. The molecule has 0 aliphatic heterocycles. The molecule has 0 fully saturated rings. The van der Waals surface area contributed by atoms with Crippen LogP contribution in [0.15, 0.2) is 46.8 Å². The van der Waals surface area contributed by atoms with Crippen molar-refractivity contribution in [2.45, 2.75) is 6.61 Å². The van der Waals surface area contributed by atoms with Crippen molar-refractivity contribution in [1.82, 2.24) is 9.38 Å². The molecule has 0 unspecified atom stereocenters. The van der Waals surface area contributed by atoms with Crippen molar-refractivity contribution in [2.75, 3.05) is 0 Å². The fourth-order valence-electron chi connectivity index (χ4n) is 2.13. The third-order valence-electron chi connectivity index (χ3n) is 3.24. The maximum absolute atomic E-state index is 13.2. The van der Waals surface area contributed by atoms with E-state index >= 15 is 0 Å². The largest absolute Gasteiger partial charge is 0.476 e. The van der Waals surface area contributed by atoms with Gasteiger partial charge in [-0.3, -0.25) is 4.40 Å². The van der Waals surface area contributed by atoms with Gasteiger partial charge >= 0.3 is 5.97 Å². The van der Waals surface area contributed by atoms with Gasteiger partial charge in [0, 0.05) is 11.8 Å². The molecule has 0 aliphatic carbocycles. The summed E-state index contributed by atoms with van der Waals surface area (Å²) in [7, 11) is 0. The van der Waals surface area contributed by atoms with E-state index in [-0.39, 0.29) is 34.5 Å². The third kappa shape index (κ3) is 2.84. The first kappa shape index (κ1) is 16.0. The van der Waals surface area contributed by atoms with Crippen LogP contribution in [0.4, 0.5) is 15.9 Å². The number of benzene rings is 1. The van der Waals surface area contributed by atoms with Crippen molar-refractivity contribution in [1.29, 1.82) is 0 Å². The van der Waals surface area contributed by atoms with Crippen LogP contribution in [0.1, 0.15) is 16.1 Å². The zero-order valence-corrected chi connectivity index (χ0v) is 12.8. The summed E-state index contributed by atoms with van der Waals surface area (Å²) in [6.07, 6.45) is 1.56. The van der Waals surface area contributed by atoms with Gasteiger partial charge in [-0.25, -0.2) is 14.2 Å². The molecule has 1 aromatic carbocycles. The second kappa shape index (κ2) is 6.34. The average Bonchev–Trinajstić information content (AvgIpc) is 2.95. The van der Waals surface area contributed by atoms with Gasteiger partial charge in [0.2, 0.25) is 0 Å². The maximum Gasteiger partial charge on any atom is 0.358 e. The quantitative estimate of drug-likeness (QED) is 0.701. The van der Waals surface area contributed by atoms with Gasteiger partial charge in [0.05, 0.1) is 17.3 Å². The predicted octanol–water partition coefficient (Wildman–Crippen LogP) is 3.73. The molecule has 24 heavy (non-hydrogen) atoms. The number of azo groups is 1. The highest BCUT2D eigenvalue weighted by Crippen LogP contribution is 2.27. The standard InChI is InChI=1S/C15H10ClFN4O3/c16-10-6-9(3-4-11(10)17)19-20-14-12(15(23)24)18-13-8(7-22)2-1-5-21(13)14/h1-6,22H,7H2,(H,23,24). The first-order valence-electron chi connectivity index (χ1n) is 6.72. The van der Waals surface area contributed by atoms with Gasteiger partial charge in [0.15, 0.2) is 11.5 Å². The van der Waals surface area contributed by atoms with E-state index in [1.165, 1.54) is 16.5 Å². The van der Waals surface area contributed by atoms with Crippen molar-refractivity contribution in [2.24, 2.45) is 10.2 Å². The zero-order valence-electron chi connectivity index (χ0n) is 12.0. The Morgan fingerprint density at radius 1 is 1.33 bits per heavy atom. The van der Waals surface area contributed by atoms with Gasteiger partial charge in [-0.05, 0) is 24.3 Å². The van der Waals surface area contributed by atoms with Crippen LogP contribution in [0.2, 0.25) is 5.02 Å². The average molecular weight is 349 g/mol. The molecule has 7 nitrogen and oxygen atoms in total. The van der Waals surface area contributed by atoms with Crippen molar-refractivity contribution in [3.63, 3.8) is 0 Å². The van der Waals surface area contributed by atoms with Crippen LogP contribution in [-0.4, -0.2) is 25.6 Å². The van der Waals surface area contributed by atoms with Crippen molar-refractivity contribution < 1.29 is 19.4 Å². The fourth-order valence-corrected chi connectivity index (χ4v) is 2.30. The lowest BCUT2D eigenvalue weighted by Gasteiger charge is -2.00. The Morgan fingerprint density at radius 3 is 2.79 bits per heavy atom. The number of pyridine rings is 1. The molecule has 0 atom stereocenters. The lowest BCUT2D eigenvalue weighted by Crippen LogP contribution is -1.96. The van der Waals surface area contributed by atoms with Gasteiger partial charge in [0.25, 0.3) is 0 Å². The van der Waals surface area contributed by atoms with Crippen molar-refractivity contribution in [3.8, 4) is 0 Å². The van der Waals surface area contributed by atoms with E-state index in [0.717, 1.165) is 6.07 Å². The topological polar surface area (TPSA) is 99.5 Å². The lowest BCUT2D eigenvalue weighted by molar-refractivity contribution is 0.0692. The molecule has 0 radical (unpaired) electrons. The molecule has 0 aliphatic rings. The first-order chi connectivity index (χ1) is 11.5. The van der Waals surface area contributed by atoms with E-state index in [1.54, 1.807) is 18.3 Å². The number of aromatic carboxylic acids is 1. The van der Waals surface area contributed by atoms with Gasteiger partial charge in [-0.15, -0.1) is 10.2 Å². The number of rotatable bonds is 4. The highest BCUT2D eigenvalue weighted by molar-refractivity contribution is 6.31. The summed E-state index contributed by atoms with van der Waals surface area (Å²) in [4.78, 5) is 15.4. The van der Waals surface area contributed by atoms with Gasteiger partial charge in [0.1, 0.15) is 11.5 Å². The Kier molecular flexibility index (Phi) is 4.24. The van der Waals surface area contributed by atoms with Crippen LogP contribution < -0.4 is 0 Å². The van der Waals surface area contributed by atoms with E-state index in [9.17, 15) is 19.4 Å². The predicted molar refractivity (Wildman–Crippen MR) is 83.7 cm³/mol. The number of carboxylic acids is 1. The number of aromatic nitrogens is 2. The lowest BCUT2D eigenvalue weighted by atomic mass is 10.3. The smallest absolute Gasteiger partial charge is 0.358 e. The number of aliphatic hydroxyl groups excluding tert-OH is 1. The molecular weight excluding hydrogens is 339 g/mol. The molecule has 0 amide bonds. The third-order valence-corrected chi connectivity index (χ3v) is 3.53. The number of hydrogen-bond donors (Lipinski definition) is 2. The molecule has 0 spiro atoms. The molecule has 2 N–H and O–H groups in total. The van der Waals surface area contributed by atoms with Gasteiger partial charge in [-0.1, -0.05) is 17.7 Å². The number of halogens is 2. The zero-order chi connectivity index (χ0) is 17.3. The van der Waals surface area contributed by atoms with E-state index < -0.39 is 11.8 Å². The second-order valence-corrected chi connectivity index (χ2v) is 5.18. The monoisotopic (exact) mass is 348 g/mol.